The lowest BCUT2D eigenvalue weighted by Gasteiger charge is -2.29. The normalized spacial score (nSPS) is 11.2. The van der Waals surface area contributed by atoms with Crippen LogP contribution >= 0.6 is 15.9 Å². The van der Waals surface area contributed by atoms with Gasteiger partial charge in [0, 0.05) is 28.6 Å². The summed E-state index contributed by atoms with van der Waals surface area (Å²) in [6, 6.07) is 18.5. The van der Waals surface area contributed by atoms with Crippen molar-refractivity contribution >= 4 is 32.9 Å². The van der Waals surface area contributed by atoms with Gasteiger partial charge in [0.05, 0.1) is 27.2 Å². The van der Waals surface area contributed by atoms with Gasteiger partial charge in [-0.1, -0.05) is 47.5 Å². The largest absolute Gasteiger partial charge is 1.00 e. The third kappa shape index (κ3) is 9.65. The number of nitrogens with zero attached hydrogens (tertiary/aromatic N) is 2. The molecule has 8 heteroatoms. The van der Waals surface area contributed by atoms with Crippen LogP contribution in [0.4, 0.5) is 0 Å². The predicted octanol–water partition coefficient (Wildman–Crippen LogP) is 5.15. The van der Waals surface area contributed by atoms with Crippen molar-refractivity contribution in [2.24, 2.45) is 0 Å². The Kier molecular flexibility index (Phi) is 13.4. The number of quaternary nitrogens is 1. The third-order valence-corrected chi connectivity index (χ3v) is 7.87. The summed E-state index contributed by atoms with van der Waals surface area (Å²) in [6.45, 7) is 12.7. The summed E-state index contributed by atoms with van der Waals surface area (Å²) < 4.78 is 14.3. The summed E-state index contributed by atoms with van der Waals surface area (Å²) in [6.07, 6.45) is 8.14. The molecule has 6 nitrogen and oxygen atoms in total. The topological polar surface area (TPSA) is 64.4 Å². The number of unbranched alkanes of at least 4 members (excludes halogenated alkanes) is 1. The van der Waals surface area contributed by atoms with Crippen molar-refractivity contribution in [2.45, 2.75) is 39.0 Å². The van der Waals surface area contributed by atoms with E-state index in [-0.39, 0.29) is 22.9 Å². The Bertz CT molecular complexity index is 1560. The number of amides is 1. The molecule has 234 valence electrons. The van der Waals surface area contributed by atoms with Crippen molar-refractivity contribution in [3.63, 3.8) is 0 Å². The van der Waals surface area contributed by atoms with Gasteiger partial charge in [-0.2, -0.15) is 0 Å². The Hall–Kier alpha value is -3.20. The number of fused-ring (bicyclic) bond motifs is 1. The summed E-state index contributed by atoms with van der Waals surface area (Å²) in [5.41, 5.74) is 6.69. The van der Waals surface area contributed by atoms with Crippen LogP contribution in [-0.4, -0.2) is 55.7 Å². The summed E-state index contributed by atoms with van der Waals surface area (Å²) in [5.74, 6) is 1.54. The van der Waals surface area contributed by atoms with Gasteiger partial charge in [-0.15, -0.1) is 13.2 Å². The number of ether oxygens (including phenoxy) is 1. The fraction of sp³-hybridized carbons (Fsp3) is 0.333. The summed E-state index contributed by atoms with van der Waals surface area (Å²) in [7, 11) is 4.18. The number of carbonyl (C=O) groups excluding carboxylic acids is 1. The van der Waals surface area contributed by atoms with E-state index in [9.17, 15) is 4.79 Å². The van der Waals surface area contributed by atoms with E-state index in [4.69, 9.17) is 14.1 Å². The number of oxazole rings is 1. The molecule has 0 atom stereocenters. The van der Waals surface area contributed by atoms with Crippen LogP contribution in [0.3, 0.4) is 0 Å². The first-order chi connectivity index (χ1) is 20.7. The molecule has 1 N–H and O–H groups in total. The molecule has 0 unspecified atom stereocenters. The Balaban J connectivity index is 0.00000529. The van der Waals surface area contributed by atoms with Gasteiger partial charge in [0.2, 0.25) is 5.89 Å². The van der Waals surface area contributed by atoms with Crippen LogP contribution in [0.5, 0.6) is 5.75 Å². The van der Waals surface area contributed by atoms with E-state index in [0.29, 0.717) is 29.9 Å². The lowest BCUT2D eigenvalue weighted by molar-refractivity contribution is -0.882. The molecule has 4 aromatic rings. The molecule has 1 aromatic heterocycles. The van der Waals surface area contributed by atoms with Gasteiger partial charge in [0.25, 0.3) is 5.91 Å². The molecule has 0 saturated heterocycles. The first kappa shape index (κ1) is 35.3. The maximum absolute atomic E-state index is 12.3. The van der Waals surface area contributed by atoms with E-state index >= 15 is 0 Å². The van der Waals surface area contributed by atoms with Crippen LogP contribution in [-0.2, 0) is 17.6 Å². The van der Waals surface area contributed by atoms with Gasteiger partial charge < -0.3 is 35.9 Å². The quantitative estimate of drug-likeness (QED) is 0.0988. The van der Waals surface area contributed by atoms with Gasteiger partial charge in [-0.25, -0.2) is 4.98 Å². The highest BCUT2D eigenvalue weighted by Crippen LogP contribution is 2.36. The van der Waals surface area contributed by atoms with Gasteiger partial charge in [0.15, 0.2) is 12.1 Å². The van der Waals surface area contributed by atoms with Crippen molar-refractivity contribution in [2.75, 3.05) is 40.3 Å². The zero-order valence-electron chi connectivity index (χ0n) is 26.0. The summed E-state index contributed by atoms with van der Waals surface area (Å²) in [5, 5.41) is 3.02. The number of aromatic nitrogens is 1. The van der Waals surface area contributed by atoms with E-state index in [1.807, 2.05) is 42.5 Å². The second-order valence-corrected chi connectivity index (χ2v) is 12.5. The number of allylic oxidation sites excluding steroid dienone is 2. The molecule has 0 aliphatic carbocycles. The number of hydrogen-bond acceptors (Lipinski definition) is 4. The molecule has 4 rings (SSSR count). The second kappa shape index (κ2) is 16.8. The van der Waals surface area contributed by atoms with E-state index in [1.54, 1.807) is 0 Å². The van der Waals surface area contributed by atoms with E-state index in [2.05, 4.69) is 79.7 Å². The van der Waals surface area contributed by atoms with Crippen molar-refractivity contribution in [1.29, 1.82) is 0 Å². The average Bonchev–Trinajstić information content (AvgIpc) is 3.40. The average molecular weight is 726 g/mol. The van der Waals surface area contributed by atoms with Crippen LogP contribution in [0.2, 0.25) is 0 Å². The molecule has 0 bridgehead atoms. The minimum absolute atomic E-state index is 0. The highest BCUT2D eigenvalue weighted by Gasteiger charge is 2.20. The van der Waals surface area contributed by atoms with Crippen molar-refractivity contribution in [1.82, 2.24) is 10.3 Å². The molecule has 0 aliphatic rings. The third-order valence-electron chi connectivity index (χ3n) is 7.35. The standard InChI is InChI=1S/C36H42BrN3O3.BrH/c1-6-9-19-38-34(41)25-40(4,5)20-10-21-42-33-18-15-28(24-29(33)12-8-3)31-22-26(11-7-2)23-32-35(31)43-36(39-32)27-13-16-30(37)17-14-27;/h7-8,13-18,22-24H,2-3,6,9-12,19-21,25H2,1,4-5H3;1H. The minimum atomic E-state index is 0. The first-order valence-electron chi connectivity index (χ1n) is 15.0. The molecule has 0 spiro atoms. The van der Waals surface area contributed by atoms with Gasteiger partial charge in [0.1, 0.15) is 11.3 Å². The van der Waals surface area contributed by atoms with Crippen LogP contribution < -0.4 is 27.0 Å². The van der Waals surface area contributed by atoms with E-state index in [1.165, 1.54) is 0 Å². The number of carbonyl (C=O) groups is 1. The molecule has 0 saturated carbocycles. The predicted molar refractivity (Wildman–Crippen MR) is 180 cm³/mol. The number of benzene rings is 3. The number of likely N-dealkylation sites (N-methyl/N-ethyl adjacent to an activating group) is 1. The van der Waals surface area contributed by atoms with Crippen LogP contribution in [0.1, 0.15) is 37.3 Å². The Morgan fingerprint density at radius 2 is 1.75 bits per heavy atom. The maximum Gasteiger partial charge on any atom is 0.275 e. The van der Waals surface area contributed by atoms with Gasteiger partial charge in [-0.05, 0) is 84.5 Å². The van der Waals surface area contributed by atoms with Crippen LogP contribution in [0.25, 0.3) is 33.7 Å². The van der Waals surface area contributed by atoms with E-state index in [0.717, 1.165) is 87.9 Å². The number of hydrogen-bond donors (Lipinski definition) is 1. The Morgan fingerprint density at radius 1 is 1.02 bits per heavy atom. The summed E-state index contributed by atoms with van der Waals surface area (Å²) in [4.78, 5) is 17.1. The fourth-order valence-electron chi connectivity index (χ4n) is 5.11. The zero-order chi connectivity index (χ0) is 30.8. The highest BCUT2D eigenvalue weighted by atomic mass is 79.9. The molecule has 3 aromatic carbocycles. The molecular formula is C36H43Br2N3O3. The maximum atomic E-state index is 12.3. The molecule has 0 radical (unpaired) electrons. The van der Waals surface area contributed by atoms with E-state index < -0.39 is 0 Å². The zero-order valence-corrected chi connectivity index (χ0v) is 29.2. The molecular weight excluding hydrogens is 682 g/mol. The second-order valence-electron chi connectivity index (χ2n) is 11.5. The number of nitrogens with one attached hydrogen (secondary N) is 1. The van der Waals surface area contributed by atoms with Gasteiger partial charge in [-0.3, -0.25) is 4.79 Å². The molecule has 0 fully saturated rings. The molecule has 44 heavy (non-hydrogen) atoms. The molecule has 0 aliphatic heterocycles. The number of halogens is 2. The SMILES string of the molecule is C=CCc1cc(-c2ccc(OCCC[N+](C)(C)CC(=O)NCCCC)c(CC=C)c2)c2oc(-c3ccc(Br)cc3)nc2c1.[Br-]. The fourth-order valence-corrected chi connectivity index (χ4v) is 5.38. The lowest BCUT2D eigenvalue weighted by Crippen LogP contribution is -3.00. The van der Waals surface area contributed by atoms with Crippen LogP contribution in [0.15, 0.2) is 88.8 Å². The molecule has 1 amide bonds. The minimum Gasteiger partial charge on any atom is -1.00 e. The Morgan fingerprint density at radius 3 is 2.45 bits per heavy atom. The summed E-state index contributed by atoms with van der Waals surface area (Å²) >= 11 is 3.50. The first-order valence-corrected chi connectivity index (χ1v) is 15.8. The Labute approximate surface area is 280 Å². The van der Waals surface area contributed by atoms with Crippen LogP contribution in [0, 0.1) is 0 Å². The monoisotopic (exact) mass is 723 g/mol. The lowest BCUT2D eigenvalue weighted by atomic mass is 9.97. The van der Waals surface area contributed by atoms with Crippen molar-refractivity contribution in [3.8, 4) is 28.3 Å². The highest BCUT2D eigenvalue weighted by molar-refractivity contribution is 9.10. The number of rotatable bonds is 16. The van der Waals surface area contributed by atoms with Crippen molar-refractivity contribution < 1.29 is 35.4 Å². The molecule has 1 heterocycles. The van der Waals surface area contributed by atoms with Crippen molar-refractivity contribution in [3.05, 3.63) is 95.5 Å². The van der Waals surface area contributed by atoms with Gasteiger partial charge >= 0.3 is 0 Å². The smallest absolute Gasteiger partial charge is 0.275 e.